The Labute approximate surface area is 204 Å². The van der Waals surface area contributed by atoms with Gasteiger partial charge in [-0.2, -0.15) is 0 Å². The average molecular weight is 496 g/mol. The smallest absolute Gasteiger partial charge is 0.413 e. The van der Waals surface area contributed by atoms with Crippen LogP contribution in [0, 0.1) is 6.92 Å². The highest BCUT2D eigenvalue weighted by molar-refractivity contribution is 7.99. The molecule has 1 aliphatic carbocycles. The molecule has 3 aromatic rings. The molecule has 0 spiro atoms. The molecule has 1 unspecified atom stereocenters. The zero-order valence-electron chi connectivity index (χ0n) is 18.2. The fourth-order valence-electron chi connectivity index (χ4n) is 4.35. The number of aryl methyl sites for hydroxylation is 1. The summed E-state index contributed by atoms with van der Waals surface area (Å²) in [6.07, 6.45) is -0.658. The Hall–Kier alpha value is -3.37. The van der Waals surface area contributed by atoms with Crippen LogP contribution < -0.4 is 5.32 Å². The number of thioether (sulfide) groups is 1. The lowest BCUT2D eigenvalue weighted by Crippen LogP contribution is -2.41. The number of carboxylic acids is 1. The van der Waals surface area contributed by atoms with E-state index in [1.54, 1.807) is 6.92 Å². The van der Waals surface area contributed by atoms with Crippen molar-refractivity contribution in [2.24, 2.45) is 0 Å². The summed E-state index contributed by atoms with van der Waals surface area (Å²) >= 11 is 2.41. The van der Waals surface area contributed by atoms with Gasteiger partial charge >= 0.3 is 12.1 Å². The van der Waals surface area contributed by atoms with Crippen LogP contribution in [0.3, 0.4) is 0 Å². The van der Waals surface area contributed by atoms with Gasteiger partial charge in [0.25, 0.3) is 5.91 Å². The van der Waals surface area contributed by atoms with Crippen LogP contribution in [-0.4, -0.2) is 57.2 Å². The maximum absolute atomic E-state index is 12.9. The summed E-state index contributed by atoms with van der Waals surface area (Å²) in [7, 11) is 0. The number of nitrogens with one attached hydrogen (secondary N) is 1. The quantitative estimate of drug-likeness (QED) is 0.540. The van der Waals surface area contributed by atoms with Crippen molar-refractivity contribution >= 4 is 46.2 Å². The minimum Gasteiger partial charge on any atom is -0.480 e. The van der Waals surface area contributed by atoms with E-state index in [9.17, 15) is 19.5 Å². The highest BCUT2D eigenvalue weighted by Gasteiger charge is 2.36. The SMILES string of the molecule is Cc1nc(NC(=O)OCC2c3ccccc3-c3ccccc32)sc1C(=O)N1CSCC1C(=O)O. The lowest BCUT2D eigenvalue weighted by Gasteiger charge is -2.19. The first-order valence-corrected chi connectivity index (χ1v) is 12.6. The molecule has 34 heavy (non-hydrogen) atoms. The largest absolute Gasteiger partial charge is 0.480 e. The molecule has 2 aliphatic rings. The summed E-state index contributed by atoms with van der Waals surface area (Å²) in [5.41, 5.74) is 4.96. The van der Waals surface area contributed by atoms with Crippen molar-refractivity contribution in [3.8, 4) is 11.1 Å². The van der Waals surface area contributed by atoms with Crippen LogP contribution in [0.4, 0.5) is 9.93 Å². The van der Waals surface area contributed by atoms with Crippen molar-refractivity contribution in [1.82, 2.24) is 9.88 Å². The van der Waals surface area contributed by atoms with Gasteiger partial charge < -0.3 is 14.7 Å². The summed E-state index contributed by atoms with van der Waals surface area (Å²) in [6.45, 7) is 1.83. The number of carbonyl (C=O) groups is 3. The Morgan fingerprint density at radius 1 is 1.12 bits per heavy atom. The van der Waals surface area contributed by atoms with Crippen LogP contribution in [0.25, 0.3) is 11.1 Å². The number of fused-ring (bicyclic) bond motifs is 3. The minimum atomic E-state index is -1.03. The molecular weight excluding hydrogens is 474 g/mol. The van der Waals surface area contributed by atoms with Crippen molar-refractivity contribution in [2.45, 2.75) is 18.9 Å². The number of aromatic nitrogens is 1. The van der Waals surface area contributed by atoms with E-state index in [1.807, 2.05) is 36.4 Å². The standard InChI is InChI=1S/C24H21N3O5S2/c1-13-20(21(28)27-12-33-11-19(27)22(29)30)34-23(25-13)26-24(31)32-10-18-16-8-4-2-6-14(16)15-7-3-5-9-17(15)18/h2-9,18-19H,10-12H2,1H3,(H,29,30)(H,25,26,31). The van der Waals surface area contributed by atoms with Crippen molar-refractivity contribution in [3.05, 3.63) is 70.2 Å². The predicted molar refractivity (Wildman–Crippen MR) is 130 cm³/mol. The molecular formula is C24H21N3O5S2. The number of thiazole rings is 1. The van der Waals surface area contributed by atoms with Gasteiger partial charge in [-0.3, -0.25) is 10.1 Å². The number of benzene rings is 2. The third-order valence-corrected chi connectivity index (χ3v) is 8.04. The van der Waals surface area contributed by atoms with Crippen molar-refractivity contribution in [3.63, 3.8) is 0 Å². The summed E-state index contributed by atoms with van der Waals surface area (Å²) < 4.78 is 5.54. The topological polar surface area (TPSA) is 109 Å². The molecule has 8 nitrogen and oxygen atoms in total. The van der Waals surface area contributed by atoms with Crippen molar-refractivity contribution in [2.75, 3.05) is 23.6 Å². The van der Waals surface area contributed by atoms with E-state index in [1.165, 1.54) is 16.7 Å². The molecule has 174 valence electrons. The van der Waals surface area contributed by atoms with E-state index in [-0.39, 0.29) is 17.7 Å². The molecule has 2 amide bonds. The number of aliphatic carboxylic acids is 1. The van der Waals surface area contributed by atoms with Gasteiger partial charge in [0.2, 0.25) is 0 Å². The molecule has 1 saturated heterocycles. The van der Waals surface area contributed by atoms with Crippen LogP contribution in [0.2, 0.25) is 0 Å². The Morgan fingerprint density at radius 3 is 2.41 bits per heavy atom. The second kappa shape index (κ2) is 9.11. The van der Waals surface area contributed by atoms with E-state index in [0.29, 0.717) is 22.2 Å². The second-order valence-electron chi connectivity index (χ2n) is 8.01. The number of amides is 2. The minimum absolute atomic E-state index is 0.0612. The summed E-state index contributed by atoms with van der Waals surface area (Å²) in [5.74, 6) is -0.828. The normalized spacial score (nSPS) is 16.7. The molecule has 0 saturated carbocycles. The zero-order chi connectivity index (χ0) is 23.8. The number of nitrogens with zero attached hydrogens (tertiary/aromatic N) is 2. The third kappa shape index (κ3) is 4.03. The number of rotatable bonds is 5. The van der Waals surface area contributed by atoms with Gasteiger partial charge in [-0.1, -0.05) is 59.9 Å². The second-order valence-corrected chi connectivity index (χ2v) is 10.0. The number of carboxylic acid groups (broad SMARTS) is 1. The molecule has 10 heteroatoms. The predicted octanol–water partition coefficient (Wildman–Crippen LogP) is 4.41. The number of carbonyl (C=O) groups excluding carboxylic acids is 2. The molecule has 1 aliphatic heterocycles. The zero-order valence-corrected chi connectivity index (χ0v) is 19.8. The highest BCUT2D eigenvalue weighted by atomic mass is 32.2. The lowest BCUT2D eigenvalue weighted by atomic mass is 9.98. The van der Waals surface area contributed by atoms with E-state index < -0.39 is 24.0 Å². The van der Waals surface area contributed by atoms with Gasteiger partial charge in [-0.15, -0.1) is 11.8 Å². The first-order chi connectivity index (χ1) is 16.4. The maximum Gasteiger partial charge on any atom is 0.413 e. The average Bonchev–Trinajstić information content (AvgIpc) is 3.53. The van der Waals surface area contributed by atoms with Gasteiger partial charge in [-0.05, 0) is 29.2 Å². The van der Waals surface area contributed by atoms with E-state index in [0.717, 1.165) is 33.6 Å². The monoisotopic (exact) mass is 495 g/mol. The molecule has 0 bridgehead atoms. The molecule has 2 heterocycles. The Bertz CT molecular complexity index is 1250. The molecule has 1 atom stereocenters. The highest BCUT2D eigenvalue weighted by Crippen LogP contribution is 2.44. The Morgan fingerprint density at radius 2 is 1.76 bits per heavy atom. The number of anilines is 1. The van der Waals surface area contributed by atoms with Gasteiger partial charge in [-0.25, -0.2) is 14.6 Å². The van der Waals surface area contributed by atoms with E-state index >= 15 is 0 Å². The Balaban J connectivity index is 1.26. The summed E-state index contributed by atoms with van der Waals surface area (Å²) in [4.78, 5) is 42.8. The molecule has 1 fully saturated rings. The number of hydrogen-bond acceptors (Lipinski definition) is 7. The summed E-state index contributed by atoms with van der Waals surface area (Å²) in [5, 5.41) is 12.2. The molecule has 2 N–H and O–H groups in total. The first kappa shape index (κ1) is 22.4. The number of ether oxygens (including phenoxy) is 1. The van der Waals surface area contributed by atoms with Crippen LogP contribution in [-0.2, 0) is 9.53 Å². The maximum atomic E-state index is 12.9. The van der Waals surface area contributed by atoms with E-state index in [2.05, 4.69) is 22.4 Å². The van der Waals surface area contributed by atoms with Crippen molar-refractivity contribution in [1.29, 1.82) is 0 Å². The van der Waals surface area contributed by atoms with Gasteiger partial charge in [0, 0.05) is 11.7 Å². The van der Waals surface area contributed by atoms with Crippen LogP contribution in [0.1, 0.15) is 32.4 Å². The Kier molecular flexibility index (Phi) is 6.01. The van der Waals surface area contributed by atoms with Crippen LogP contribution in [0.15, 0.2) is 48.5 Å². The fourth-order valence-corrected chi connectivity index (χ4v) is 6.40. The summed E-state index contributed by atoms with van der Waals surface area (Å²) in [6, 6.07) is 15.3. The fraction of sp³-hybridized carbons (Fsp3) is 0.250. The third-order valence-electron chi connectivity index (χ3n) is 5.97. The lowest BCUT2D eigenvalue weighted by molar-refractivity contribution is -0.140. The van der Waals surface area contributed by atoms with Gasteiger partial charge in [0.15, 0.2) is 5.13 Å². The molecule has 5 rings (SSSR count). The van der Waals surface area contributed by atoms with Crippen LogP contribution >= 0.6 is 23.1 Å². The van der Waals surface area contributed by atoms with E-state index in [4.69, 9.17) is 4.74 Å². The van der Waals surface area contributed by atoms with Gasteiger partial charge in [0.05, 0.1) is 11.6 Å². The number of hydrogen-bond donors (Lipinski definition) is 2. The van der Waals surface area contributed by atoms with Crippen LogP contribution in [0.5, 0.6) is 0 Å². The molecule has 0 radical (unpaired) electrons. The molecule has 1 aromatic heterocycles. The first-order valence-electron chi connectivity index (χ1n) is 10.6. The molecule has 2 aromatic carbocycles. The van der Waals surface area contributed by atoms with Crippen molar-refractivity contribution < 1.29 is 24.2 Å². The van der Waals surface area contributed by atoms with Gasteiger partial charge in [0.1, 0.15) is 17.5 Å².